The molecular weight excluding hydrogens is 542 g/mol. The maximum atomic E-state index is 12.5. The van der Waals surface area contributed by atoms with Crippen molar-refractivity contribution in [2.45, 2.75) is 89.2 Å². The zero-order valence-corrected chi connectivity index (χ0v) is 25.5. The van der Waals surface area contributed by atoms with Crippen molar-refractivity contribution in [3.63, 3.8) is 0 Å². The number of nitrogens with one attached hydrogen (secondary N) is 1. The Bertz CT molecular complexity index is 1620. The van der Waals surface area contributed by atoms with Crippen LogP contribution in [0.1, 0.15) is 88.3 Å². The fourth-order valence-corrected chi connectivity index (χ4v) is 6.00. The number of hydrogen-bond acceptors (Lipinski definition) is 10. The lowest BCUT2D eigenvalue weighted by molar-refractivity contribution is -0.0189. The van der Waals surface area contributed by atoms with Crippen LogP contribution in [-0.4, -0.2) is 52.5 Å². The van der Waals surface area contributed by atoms with Gasteiger partial charge in [0.1, 0.15) is 27.1 Å². The minimum absolute atomic E-state index is 0.0946. The van der Waals surface area contributed by atoms with E-state index in [9.17, 15) is 13.2 Å². The summed E-state index contributed by atoms with van der Waals surface area (Å²) >= 11 is 0. The Kier molecular flexibility index (Phi) is 7.26. The summed E-state index contributed by atoms with van der Waals surface area (Å²) in [5, 5.41) is 4.30. The molecule has 0 spiro atoms. The number of aromatic nitrogens is 3. The molecule has 1 unspecified atom stereocenters. The van der Waals surface area contributed by atoms with Crippen molar-refractivity contribution in [3.8, 4) is 5.88 Å². The fourth-order valence-electron chi connectivity index (χ4n) is 5.38. The van der Waals surface area contributed by atoms with Gasteiger partial charge in [-0.3, -0.25) is 0 Å². The molecule has 4 heterocycles. The van der Waals surface area contributed by atoms with Crippen LogP contribution >= 0.6 is 0 Å². The standard InChI is InChI=1S/C30H39N5O5S/c1-16(12-17(2)41(7,37)38)39-27-22-14-32-25(13-21(22)23(15-33-27)30(6,31)19-8-9-19)34-24-11-10-20-26(35-24)18(3)29(4,5)40-28(20)36/h10-11,13-19H,8-9,12,31H2,1-7H3,(H,32,34,35)/t16-,17-,18-,30?/m1/s1. The van der Waals surface area contributed by atoms with Crippen molar-refractivity contribution in [2.75, 3.05) is 11.6 Å². The first-order chi connectivity index (χ1) is 19.1. The molecule has 1 aliphatic heterocycles. The zero-order valence-electron chi connectivity index (χ0n) is 24.7. The number of carbonyl (C=O) groups is 1. The van der Waals surface area contributed by atoms with Gasteiger partial charge in [0.15, 0.2) is 0 Å². The number of esters is 1. The lowest BCUT2D eigenvalue weighted by atomic mass is 9.84. The summed E-state index contributed by atoms with van der Waals surface area (Å²) in [5.41, 5.74) is 7.64. The molecule has 1 aliphatic carbocycles. The van der Waals surface area contributed by atoms with Gasteiger partial charge < -0.3 is 20.5 Å². The highest BCUT2D eigenvalue weighted by molar-refractivity contribution is 7.91. The Hall–Kier alpha value is -3.31. The van der Waals surface area contributed by atoms with E-state index in [2.05, 4.69) is 15.3 Å². The molecule has 0 saturated heterocycles. The maximum Gasteiger partial charge on any atom is 0.340 e. The molecule has 11 heteroatoms. The lowest BCUT2D eigenvalue weighted by Crippen LogP contribution is -2.39. The van der Waals surface area contributed by atoms with Gasteiger partial charge in [-0.15, -0.1) is 0 Å². The second-order valence-corrected chi connectivity index (χ2v) is 14.9. The van der Waals surface area contributed by atoms with Crippen LogP contribution in [0.25, 0.3) is 10.8 Å². The minimum atomic E-state index is -3.18. The smallest absolute Gasteiger partial charge is 0.340 e. The number of anilines is 2. The van der Waals surface area contributed by atoms with Crippen LogP contribution in [0.15, 0.2) is 30.6 Å². The third-order valence-electron chi connectivity index (χ3n) is 8.66. The Morgan fingerprint density at radius 3 is 2.54 bits per heavy atom. The summed E-state index contributed by atoms with van der Waals surface area (Å²) in [6, 6.07) is 5.38. The summed E-state index contributed by atoms with van der Waals surface area (Å²) in [7, 11) is -3.18. The topological polar surface area (TPSA) is 146 Å². The summed E-state index contributed by atoms with van der Waals surface area (Å²) in [4.78, 5) is 26.5. The first-order valence-corrected chi connectivity index (χ1v) is 16.0. The number of rotatable bonds is 9. The van der Waals surface area contributed by atoms with E-state index in [1.54, 1.807) is 31.5 Å². The second kappa shape index (κ2) is 10.2. The van der Waals surface area contributed by atoms with E-state index in [1.165, 1.54) is 6.26 Å². The zero-order chi connectivity index (χ0) is 29.9. The third-order valence-corrected chi connectivity index (χ3v) is 10.3. The Morgan fingerprint density at radius 1 is 1.17 bits per heavy atom. The lowest BCUT2D eigenvalue weighted by Gasteiger charge is -2.36. The predicted octanol–water partition coefficient (Wildman–Crippen LogP) is 5.00. The molecule has 0 amide bonds. The van der Waals surface area contributed by atoms with Gasteiger partial charge in [0.2, 0.25) is 5.88 Å². The van der Waals surface area contributed by atoms with Crippen molar-refractivity contribution < 1.29 is 22.7 Å². The van der Waals surface area contributed by atoms with Crippen LogP contribution in [0.5, 0.6) is 5.88 Å². The largest absolute Gasteiger partial charge is 0.474 e. The van der Waals surface area contributed by atoms with Crippen LogP contribution in [0, 0.1) is 5.92 Å². The monoisotopic (exact) mass is 581 g/mol. The van der Waals surface area contributed by atoms with Crippen molar-refractivity contribution in [1.82, 2.24) is 15.0 Å². The van der Waals surface area contributed by atoms with Gasteiger partial charge in [0.25, 0.3) is 0 Å². The van der Waals surface area contributed by atoms with Gasteiger partial charge in [0, 0.05) is 36.5 Å². The molecule has 1 saturated carbocycles. The van der Waals surface area contributed by atoms with Gasteiger partial charge >= 0.3 is 5.97 Å². The van der Waals surface area contributed by atoms with E-state index in [1.807, 2.05) is 40.7 Å². The summed E-state index contributed by atoms with van der Waals surface area (Å²) in [6.07, 6.45) is 6.75. The third kappa shape index (κ3) is 5.74. The Balaban J connectivity index is 1.51. The average Bonchev–Trinajstić information content (AvgIpc) is 3.73. The van der Waals surface area contributed by atoms with Crippen molar-refractivity contribution in [3.05, 3.63) is 47.4 Å². The van der Waals surface area contributed by atoms with Gasteiger partial charge in [0.05, 0.1) is 28.0 Å². The van der Waals surface area contributed by atoms with E-state index in [0.29, 0.717) is 46.5 Å². The SMILES string of the molecule is C[C@H](C[C@@H](C)S(C)(=O)=O)Oc1ncc(C(C)(N)C2CC2)c2cc(Nc3ccc4c(n3)[C@@H](C)C(C)(C)OC4=O)ncc12. The number of cyclic esters (lactones) is 1. The number of ether oxygens (including phenoxy) is 2. The highest BCUT2D eigenvalue weighted by atomic mass is 32.2. The van der Waals surface area contributed by atoms with Crippen molar-refractivity contribution in [1.29, 1.82) is 0 Å². The molecule has 0 bridgehead atoms. The van der Waals surface area contributed by atoms with E-state index in [0.717, 1.165) is 23.8 Å². The molecule has 220 valence electrons. The average molecular weight is 582 g/mol. The number of nitrogens with two attached hydrogens (primary N) is 1. The van der Waals surface area contributed by atoms with Gasteiger partial charge in [-0.1, -0.05) is 6.92 Å². The van der Waals surface area contributed by atoms with Crippen LogP contribution < -0.4 is 15.8 Å². The number of sulfone groups is 1. The molecule has 2 aliphatic rings. The minimum Gasteiger partial charge on any atom is -0.474 e. The molecule has 5 rings (SSSR count). The summed E-state index contributed by atoms with van der Waals surface area (Å²) in [5.74, 6) is 1.37. The van der Waals surface area contributed by atoms with Crippen molar-refractivity contribution in [2.24, 2.45) is 11.7 Å². The van der Waals surface area contributed by atoms with Crippen LogP contribution in [0.4, 0.5) is 11.6 Å². The van der Waals surface area contributed by atoms with Crippen LogP contribution in [-0.2, 0) is 20.1 Å². The number of fused-ring (bicyclic) bond motifs is 2. The molecular formula is C30H39N5O5S. The summed E-state index contributed by atoms with van der Waals surface area (Å²) in [6.45, 7) is 11.3. The van der Waals surface area contributed by atoms with E-state index >= 15 is 0 Å². The fraction of sp³-hybridized carbons (Fsp3) is 0.533. The van der Waals surface area contributed by atoms with Crippen LogP contribution in [0.3, 0.4) is 0 Å². The normalized spacial score (nSPS) is 21.4. The number of pyridine rings is 3. The highest BCUT2D eigenvalue weighted by Crippen LogP contribution is 2.46. The van der Waals surface area contributed by atoms with Gasteiger partial charge in [-0.25, -0.2) is 28.2 Å². The Morgan fingerprint density at radius 2 is 1.88 bits per heavy atom. The predicted molar refractivity (Wildman–Crippen MR) is 158 cm³/mol. The molecule has 41 heavy (non-hydrogen) atoms. The van der Waals surface area contributed by atoms with Crippen LogP contribution in [0.2, 0.25) is 0 Å². The first-order valence-electron chi connectivity index (χ1n) is 14.0. The molecule has 3 N–H and O–H groups in total. The second-order valence-electron chi connectivity index (χ2n) is 12.4. The molecule has 0 aromatic carbocycles. The maximum absolute atomic E-state index is 12.5. The highest BCUT2D eigenvalue weighted by Gasteiger charge is 2.42. The molecule has 1 fully saturated rings. The van der Waals surface area contributed by atoms with E-state index < -0.39 is 26.2 Å². The van der Waals surface area contributed by atoms with E-state index in [-0.39, 0.29) is 18.0 Å². The Labute approximate surface area is 241 Å². The van der Waals surface area contributed by atoms with Crippen molar-refractivity contribution >= 4 is 38.2 Å². The molecule has 4 atom stereocenters. The molecule has 0 radical (unpaired) electrons. The first kappa shape index (κ1) is 29.2. The molecule has 10 nitrogen and oxygen atoms in total. The summed E-state index contributed by atoms with van der Waals surface area (Å²) < 4.78 is 35.7. The number of hydrogen-bond donors (Lipinski definition) is 2. The quantitative estimate of drug-likeness (QED) is 0.331. The van der Waals surface area contributed by atoms with E-state index in [4.69, 9.17) is 20.2 Å². The molecule has 3 aromatic heterocycles. The number of nitrogens with zero attached hydrogens (tertiary/aromatic N) is 3. The number of carbonyl (C=O) groups excluding carboxylic acids is 1. The van der Waals surface area contributed by atoms with Gasteiger partial charge in [-0.05, 0) is 82.5 Å². The van der Waals surface area contributed by atoms with Gasteiger partial charge in [-0.2, -0.15) is 0 Å². The molecule has 3 aromatic rings.